The molecule has 0 unspecified atom stereocenters. The molecule has 0 radical (unpaired) electrons. The highest BCUT2D eigenvalue weighted by Crippen LogP contribution is 2.13. The van der Waals surface area contributed by atoms with Crippen molar-refractivity contribution in [2.45, 2.75) is 39.8 Å². The van der Waals surface area contributed by atoms with Gasteiger partial charge >= 0.3 is 0 Å². The summed E-state index contributed by atoms with van der Waals surface area (Å²) >= 11 is 1.73. The van der Waals surface area contributed by atoms with Crippen molar-refractivity contribution in [2.24, 2.45) is 0 Å². The highest BCUT2D eigenvalue weighted by molar-refractivity contribution is 7.09. The minimum atomic E-state index is 0.743. The maximum Gasteiger partial charge on any atom is 0.240 e. The predicted molar refractivity (Wildman–Crippen MR) is 85.7 cm³/mol. The van der Waals surface area contributed by atoms with Gasteiger partial charge in [0.1, 0.15) is 0 Å². The zero-order valence-corrected chi connectivity index (χ0v) is 14.1. The number of thiazole rings is 1. The van der Waals surface area contributed by atoms with Gasteiger partial charge in [0.2, 0.25) is 5.89 Å². The summed E-state index contributed by atoms with van der Waals surface area (Å²) in [6.45, 7) is 10.1. The number of hydrogen-bond donors (Lipinski definition) is 0. The van der Waals surface area contributed by atoms with Gasteiger partial charge in [0.15, 0.2) is 5.82 Å². The molecule has 2 aromatic heterocycles. The van der Waals surface area contributed by atoms with E-state index in [0.29, 0.717) is 0 Å². The van der Waals surface area contributed by atoms with Gasteiger partial charge in [-0.25, -0.2) is 4.98 Å². The van der Waals surface area contributed by atoms with E-state index >= 15 is 0 Å². The molecule has 2 aromatic rings. The number of rotatable bonds is 6. The van der Waals surface area contributed by atoms with E-state index in [2.05, 4.69) is 44.2 Å². The van der Waals surface area contributed by atoms with Crippen LogP contribution in [0.2, 0.25) is 0 Å². The second-order valence-electron chi connectivity index (χ2n) is 5.76. The van der Waals surface area contributed by atoms with Crippen LogP contribution in [0, 0.1) is 6.92 Å². The SMILES string of the molecule is CCCc1noc(CN2CCN(Cc3csc(C)n3)CC2)n1. The van der Waals surface area contributed by atoms with E-state index in [-0.39, 0.29) is 0 Å². The van der Waals surface area contributed by atoms with Crippen molar-refractivity contribution < 1.29 is 4.52 Å². The van der Waals surface area contributed by atoms with Gasteiger partial charge in [-0.05, 0) is 13.3 Å². The first kappa shape index (κ1) is 15.6. The van der Waals surface area contributed by atoms with Crippen molar-refractivity contribution in [2.75, 3.05) is 26.2 Å². The average molecular weight is 321 g/mol. The standard InChI is InChI=1S/C15H23N5OS/c1-3-4-14-17-15(21-18-14)10-20-7-5-19(6-8-20)9-13-11-22-12(2)16-13/h11H,3-10H2,1-2H3. The lowest BCUT2D eigenvalue weighted by atomic mass is 10.3. The number of aromatic nitrogens is 3. The van der Waals surface area contributed by atoms with E-state index in [1.165, 1.54) is 5.69 Å². The van der Waals surface area contributed by atoms with E-state index < -0.39 is 0 Å². The summed E-state index contributed by atoms with van der Waals surface area (Å²) in [6.07, 6.45) is 1.94. The van der Waals surface area contributed by atoms with Crippen LogP contribution in [0.5, 0.6) is 0 Å². The summed E-state index contributed by atoms with van der Waals surface area (Å²) in [4.78, 5) is 13.8. The molecular weight excluding hydrogens is 298 g/mol. The van der Waals surface area contributed by atoms with E-state index in [4.69, 9.17) is 4.52 Å². The fraction of sp³-hybridized carbons (Fsp3) is 0.667. The first-order valence-electron chi connectivity index (χ1n) is 7.90. The van der Waals surface area contributed by atoms with Crippen molar-refractivity contribution in [1.29, 1.82) is 0 Å². The van der Waals surface area contributed by atoms with Crippen molar-refractivity contribution in [1.82, 2.24) is 24.9 Å². The van der Waals surface area contributed by atoms with E-state index in [9.17, 15) is 0 Å². The minimum absolute atomic E-state index is 0.743. The quantitative estimate of drug-likeness (QED) is 0.812. The van der Waals surface area contributed by atoms with Crippen LogP contribution in [-0.4, -0.2) is 51.1 Å². The van der Waals surface area contributed by atoms with Gasteiger partial charge in [-0.3, -0.25) is 9.80 Å². The summed E-state index contributed by atoms with van der Waals surface area (Å²) in [5.41, 5.74) is 1.19. The first-order chi connectivity index (χ1) is 10.7. The van der Waals surface area contributed by atoms with Gasteiger partial charge in [0.25, 0.3) is 0 Å². The molecule has 0 amide bonds. The monoisotopic (exact) mass is 321 g/mol. The van der Waals surface area contributed by atoms with Gasteiger partial charge in [0, 0.05) is 44.5 Å². The molecule has 0 bridgehead atoms. The lowest BCUT2D eigenvalue weighted by Gasteiger charge is -2.33. The van der Waals surface area contributed by atoms with Crippen LogP contribution in [-0.2, 0) is 19.5 Å². The third kappa shape index (κ3) is 4.12. The molecule has 0 spiro atoms. The van der Waals surface area contributed by atoms with Gasteiger partial charge in [-0.2, -0.15) is 4.98 Å². The Labute approximate surface area is 135 Å². The van der Waals surface area contributed by atoms with E-state index in [1.54, 1.807) is 11.3 Å². The topological polar surface area (TPSA) is 58.3 Å². The summed E-state index contributed by atoms with van der Waals surface area (Å²) in [7, 11) is 0. The summed E-state index contributed by atoms with van der Waals surface area (Å²) in [5, 5.41) is 7.32. The van der Waals surface area contributed by atoms with Crippen molar-refractivity contribution in [3.8, 4) is 0 Å². The number of hydrogen-bond acceptors (Lipinski definition) is 7. The highest BCUT2D eigenvalue weighted by Gasteiger charge is 2.19. The molecule has 3 rings (SSSR count). The first-order valence-corrected chi connectivity index (χ1v) is 8.78. The maximum atomic E-state index is 5.32. The number of aryl methyl sites for hydroxylation is 2. The van der Waals surface area contributed by atoms with Crippen molar-refractivity contribution in [3.63, 3.8) is 0 Å². The van der Waals surface area contributed by atoms with Crippen LogP contribution in [0.4, 0.5) is 0 Å². The highest BCUT2D eigenvalue weighted by atomic mass is 32.1. The fourth-order valence-corrected chi connectivity index (χ4v) is 3.29. The predicted octanol–water partition coefficient (Wildman–Crippen LogP) is 2.10. The lowest BCUT2D eigenvalue weighted by molar-refractivity contribution is 0.111. The Morgan fingerprint density at radius 3 is 2.50 bits per heavy atom. The third-order valence-corrected chi connectivity index (χ3v) is 4.68. The molecule has 6 nitrogen and oxygen atoms in total. The summed E-state index contributed by atoms with van der Waals surface area (Å²) in [6, 6.07) is 0. The van der Waals surface area contributed by atoms with Crippen molar-refractivity contribution >= 4 is 11.3 Å². The maximum absolute atomic E-state index is 5.32. The molecule has 0 N–H and O–H groups in total. The molecular formula is C15H23N5OS. The normalized spacial score (nSPS) is 17.2. The molecule has 0 aliphatic carbocycles. The molecule has 120 valence electrons. The summed E-state index contributed by atoms with van der Waals surface area (Å²) in [5.74, 6) is 1.57. The average Bonchev–Trinajstić information content (AvgIpc) is 3.11. The van der Waals surface area contributed by atoms with E-state index in [0.717, 1.165) is 68.8 Å². The van der Waals surface area contributed by atoms with Crippen LogP contribution in [0.15, 0.2) is 9.90 Å². The molecule has 0 atom stereocenters. The number of piperazine rings is 1. The lowest BCUT2D eigenvalue weighted by Crippen LogP contribution is -2.45. The smallest absolute Gasteiger partial charge is 0.240 e. The van der Waals surface area contributed by atoms with Gasteiger partial charge in [-0.15, -0.1) is 11.3 Å². The molecule has 0 saturated carbocycles. The van der Waals surface area contributed by atoms with E-state index in [1.807, 2.05) is 0 Å². The molecule has 7 heteroatoms. The summed E-state index contributed by atoms with van der Waals surface area (Å²) < 4.78 is 5.32. The molecule has 1 aliphatic heterocycles. The Morgan fingerprint density at radius 2 is 1.86 bits per heavy atom. The Hall–Kier alpha value is -1.31. The van der Waals surface area contributed by atoms with Crippen LogP contribution >= 0.6 is 11.3 Å². The molecule has 22 heavy (non-hydrogen) atoms. The Morgan fingerprint density at radius 1 is 1.14 bits per heavy atom. The zero-order chi connectivity index (χ0) is 15.4. The van der Waals surface area contributed by atoms with Crippen LogP contribution in [0.1, 0.15) is 35.8 Å². The largest absolute Gasteiger partial charge is 0.338 e. The van der Waals surface area contributed by atoms with Gasteiger partial charge in [0.05, 0.1) is 17.2 Å². The number of nitrogens with zero attached hydrogens (tertiary/aromatic N) is 5. The zero-order valence-electron chi connectivity index (χ0n) is 13.3. The minimum Gasteiger partial charge on any atom is -0.338 e. The molecule has 1 fully saturated rings. The van der Waals surface area contributed by atoms with Gasteiger partial charge in [-0.1, -0.05) is 12.1 Å². The third-order valence-electron chi connectivity index (χ3n) is 3.86. The van der Waals surface area contributed by atoms with Crippen LogP contribution < -0.4 is 0 Å². The Kier molecular flexibility index (Phi) is 5.17. The molecule has 0 aromatic carbocycles. The van der Waals surface area contributed by atoms with Gasteiger partial charge < -0.3 is 4.52 Å². The van der Waals surface area contributed by atoms with Crippen LogP contribution in [0.3, 0.4) is 0 Å². The second-order valence-corrected chi connectivity index (χ2v) is 6.83. The second kappa shape index (κ2) is 7.30. The molecule has 3 heterocycles. The fourth-order valence-electron chi connectivity index (χ4n) is 2.69. The Bertz CT molecular complexity index is 588. The van der Waals surface area contributed by atoms with Crippen LogP contribution in [0.25, 0.3) is 0 Å². The molecule has 1 saturated heterocycles. The Balaban J connectivity index is 1.44. The van der Waals surface area contributed by atoms with Crippen molar-refractivity contribution in [3.05, 3.63) is 27.8 Å². The molecule has 1 aliphatic rings.